The fraction of sp³-hybridized carbons (Fsp3) is 0.769. The molecular formula is C13H22O2. The number of hydrogen-bond donors (Lipinski definition) is 1. The quantitative estimate of drug-likeness (QED) is 0.721. The van der Waals surface area contributed by atoms with Crippen LogP contribution in [-0.4, -0.2) is 11.1 Å². The van der Waals surface area contributed by atoms with Gasteiger partial charge in [-0.05, 0) is 30.6 Å². The van der Waals surface area contributed by atoms with E-state index in [1.54, 1.807) is 0 Å². The van der Waals surface area contributed by atoms with Gasteiger partial charge in [-0.15, -0.1) is 0 Å². The first kappa shape index (κ1) is 12.3. The smallest absolute Gasteiger partial charge is 0.331 e. The van der Waals surface area contributed by atoms with Crippen molar-refractivity contribution in [3.05, 3.63) is 12.2 Å². The molecule has 1 aliphatic rings. The Balaban J connectivity index is 2.72. The van der Waals surface area contributed by atoms with Gasteiger partial charge in [-0.3, -0.25) is 0 Å². The van der Waals surface area contributed by atoms with Crippen molar-refractivity contribution >= 4 is 5.97 Å². The van der Waals surface area contributed by atoms with Gasteiger partial charge >= 0.3 is 5.97 Å². The summed E-state index contributed by atoms with van der Waals surface area (Å²) in [5.41, 5.74) is 0.413. The SMILES string of the molecule is C=C(C(=O)O)C(CC)C1CCCCC1C. The Bertz CT molecular complexity index is 245. The summed E-state index contributed by atoms with van der Waals surface area (Å²) in [6.07, 6.45) is 5.87. The molecule has 0 amide bonds. The molecule has 3 atom stereocenters. The fourth-order valence-corrected chi connectivity index (χ4v) is 2.91. The van der Waals surface area contributed by atoms with E-state index in [9.17, 15) is 4.79 Å². The van der Waals surface area contributed by atoms with Crippen molar-refractivity contribution < 1.29 is 9.90 Å². The van der Waals surface area contributed by atoms with Crippen LogP contribution in [0.1, 0.15) is 46.0 Å². The lowest BCUT2D eigenvalue weighted by Crippen LogP contribution is -2.28. The highest BCUT2D eigenvalue weighted by atomic mass is 16.4. The summed E-state index contributed by atoms with van der Waals surface area (Å²) in [5.74, 6) is 0.546. The minimum Gasteiger partial charge on any atom is -0.478 e. The molecule has 0 spiro atoms. The summed E-state index contributed by atoms with van der Waals surface area (Å²) in [7, 11) is 0. The average Bonchev–Trinajstić information content (AvgIpc) is 2.21. The summed E-state index contributed by atoms with van der Waals surface area (Å²) in [6.45, 7) is 8.06. The van der Waals surface area contributed by atoms with E-state index in [0.29, 0.717) is 17.4 Å². The van der Waals surface area contributed by atoms with Crippen LogP contribution in [0.4, 0.5) is 0 Å². The highest BCUT2D eigenvalue weighted by Gasteiger charge is 2.31. The van der Waals surface area contributed by atoms with Crippen molar-refractivity contribution in [3.8, 4) is 0 Å². The number of rotatable bonds is 4. The number of carbonyl (C=O) groups is 1. The lowest BCUT2D eigenvalue weighted by atomic mass is 9.70. The van der Waals surface area contributed by atoms with Crippen LogP contribution in [-0.2, 0) is 4.79 Å². The predicted octanol–water partition coefficient (Wildman–Crippen LogP) is 3.48. The van der Waals surface area contributed by atoms with Crippen LogP contribution in [0.2, 0.25) is 0 Å². The normalized spacial score (nSPS) is 28.4. The molecule has 0 heterocycles. The van der Waals surface area contributed by atoms with Crippen LogP contribution in [0, 0.1) is 17.8 Å². The molecule has 0 radical (unpaired) electrons. The lowest BCUT2D eigenvalue weighted by molar-refractivity contribution is -0.133. The summed E-state index contributed by atoms with van der Waals surface area (Å²) < 4.78 is 0. The van der Waals surface area contributed by atoms with E-state index in [1.165, 1.54) is 25.7 Å². The van der Waals surface area contributed by atoms with Crippen LogP contribution < -0.4 is 0 Å². The highest BCUT2D eigenvalue weighted by Crippen LogP contribution is 2.39. The molecule has 1 aliphatic carbocycles. The number of carboxylic acids is 1. The molecule has 0 aromatic carbocycles. The van der Waals surface area contributed by atoms with Gasteiger partial charge in [0.25, 0.3) is 0 Å². The van der Waals surface area contributed by atoms with Gasteiger partial charge in [0.15, 0.2) is 0 Å². The van der Waals surface area contributed by atoms with Crippen LogP contribution in [0.15, 0.2) is 12.2 Å². The topological polar surface area (TPSA) is 37.3 Å². The fourth-order valence-electron chi connectivity index (χ4n) is 2.91. The summed E-state index contributed by atoms with van der Waals surface area (Å²) in [4.78, 5) is 10.9. The number of aliphatic carboxylic acids is 1. The maximum Gasteiger partial charge on any atom is 0.331 e. The van der Waals surface area contributed by atoms with E-state index < -0.39 is 5.97 Å². The zero-order chi connectivity index (χ0) is 11.4. The second kappa shape index (κ2) is 5.34. The maximum atomic E-state index is 10.9. The molecule has 1 fully saturated rings. The van der Waals surface area contributed by atoms with E-state index in [4.69, 9.17) is 5.11 Å². The Hall–Kier alpha value is -0.790. The standard InChI is InChI=1S/C13H22O2/c1-4-11(10(3)13(14)15)12-8-6-5-7-9(12)2/h9,11-12H,3-8H2,1-2H3,(H,14,15). The molecule has 0 aromatic heterocycles. The number of hydrogen-bond acceptors (Lipinski definition) is 1. The van der Waals surface area contributed by atoms with Gasteiger partial charge in [-0.2, -0.15) is 0 Å². The molecule has 1 rings (SSSR count). The predicted molar refractivity (Wildman–Crippen MR) is 61.7 cm³/mol. The van der Waals surface area contributed by atoms with Crippen LogP contribution >= 0.6 is 0 Å². The molecule has 0 saturated heterocycles. The van der Waals surface area contributed by atoms with Gasteiger partial charge in [-0.25, -0.2) is 4.79 Å². The third-order valence-electron chi connectivity index (χ3n) is 3.86. The molecule has 3 unspecified atom stereocenters. The third-order valence-corrected chi connectivity index (χ3v) is 3.86. The molecule has 0 aromatic rings. The van der Waals surface area contributed by atoms with Crippen molar-refractivity contribution in [2.45, 2.75) is 46.0 Å². The zero-order valence-corrected chi connectivity index (χ0v) is 9.83. The largest absolute Gasteiger partial charge is 0.478 e. The minimum absolute atomic E-state index is 0.179. The van der Waals surface area contributed by atoms with E-state index in [-0.39, 0.29) is 5.92 Å². The van der Waals surface area contributed by atoms with Crippen molar-refractivity contribution in [3.63, 3.8) is 0 Å². The van der Waals surface area contributed by atoms with E-state index >= 15 is 0 Å². The first-order chi connectivity index (χ1) is 7.07. The molecule has 15 heavy (non-hydrogen) atoms. The van der Waals surface area contributed by atoms with Crippen molar-refractivity contribution in [1.29, 1.82) is 0 Å². The van der Waals surface area contributed by atoms with Gasteiger partial charge in [0.2, 0.25) is 0 Å². The van der Waals surface area contributed by atoms with Crippen LogP contribution in [0.3, 0.4) is 0 Å². The first-order valence-corrected chi connectivity index (χ1v) is 6.00. The molecule has 0 bridgehead atoms. The Morgan fingerprint density at radius 1 is 1.47 bits per heavy atom. The Labute approximate surface area is 92.4 Å². The molecule has 2 heteroatoms. The van der Waals surface area contributed by atoms with Gasteiger partial charge in [-0.1, -0.05) is 39.7 Å². The maximum absolute atomic E-state index is 10.9. The third kappa shape index (κ3) is 2.83. The highest BCUT2D eigenvalue weighted by molar-refractivity contribution is 5.86. The second-order valence-corrected chi connectivity index (χ2v) is 4.77. The van der Waals surface area contributed by atoms with Gasteiger partial charge in [0, 0.05) is 5.57 Å². The molecule has 1 saturated carbocycles. The summed E-state index contributed by atoms with van der Waals surface area (Å²) in [6, 6.07) is 0. The lowest BCUT2D eigenvalue weighted by Gasteiger charge is -2.35. The van der Waals surface area contributed by atoms with Crippen LogP contribution in [0.25, 0.3) is 0 Å². The van der Waals surface area contributed by atoms with E-state index in [1.807, 2.05) is 0 Å². The first-order valence-electron chi connectivity index (χ1n) is 6.00. The Morgan fingerprint density at radius 3 is 2.53 bits per heavy atom. The van der Waals surface area contributed by atoms with Crippen molar-refractivity contribution in [1.82, 2.24) is 0 Å². The van der Waals surface area contributed by atoms with E-state index in [0.717, 1.165) is 6.42 Å². The molecule has 0 aliphatic heterocycles. The van der Waals surface area contributed by atoms with Crippen molar-refractivity contribution in [2.24, 2.45) is 17.8 Å². The molecule has 86 valence electrons. The Morgan fingerprint density at radius 2 is 2.07 bits per heavy atom. The minimum atomic E-state index is -0.820. The zero-order valence-electron chi connectivity index (χ0n) is 9.83. The van der Waals surface area contributed by atoms with Gasteiger partial charge in [0.1, 0.15) is 0 Å². The monoisotopic (exact) mass is 210 g/mol. The molecule has 2 nitrogen and oxygen atoms in total. The summed E-state index contributed by atoms with van der Waals surface area (Å²) >= 11 is 0. The van der Waals surface area contributed by atoms with Gasteiger partial charge < -0.3 is 5.11 Å². The van der Waals surface area contributed by atoms with E-state index in [2.05, 4.69) is 20.4 Å². The summed E-state index contributed by atoms with van der Waals surface area (Å²) in [5, 5.41) is 9.00. The molecular weight excluding hydrogens is 188 g/mol. The second-order valence-electron chi connectivity index (χ2n) is 4.77. The van der Waals surface area contributed by atoms with Crippen molar-refractivity contribution in [2.75, 3.05) is 0 Å². The average molecular weight is 210 g/mol. The van der Waals surface area contributed by atoms with Crippen LogP contribution in [0.5, 0.6) is 0 Å². The molecule has 1 N–H and O–H groups in total. The number of carboxylic acid groups (broad SMARTS) is 1. The Kier molecular flexibility index (Phi) is 4.37. The van der Waals surface area contributed by atoms with Gasteiger partial charge in [0.05, 0.1) is 0 Å².